The third-order valence-corrected chi connectivity index (χ3v) is 4.31. The lowest BCUT2D eigenvalue weighted by molar-refractivity contribution is -0.139. The monoisotopic (exact) mass is 358 g/mol. The van der Waals surface area contributed by atoms with E-state index >= 15 is 0 Å². The van der Waals surface area contributed by atoms with Crippen LogP contribution in [-0.2, 0) is 4.79 Å². The Morgan fingerprint density at radius 1 is 1.23 bits per heavy atom. The molecule has 1 aromatic heterocycles. The van der Waals surface area contributed by atoms with Crippen molar-refractivity contribution in [2.75, 3.05) is 7.11 Å². The lowest BCUT2D eigenvalue weighted by atomic mass is 10.0. The van der Waals surface area contributed by atoms with Crippen LogP contribution in [0.15, 0.2) is 30.3 Å². The van der Waals surface area contributed by atoms with Crippen molar-refractivity contribution in [2.24, 2.45) is 5.92 Å². The molecule has 1 unspecified atom stereocenters. The van der Waals surface area contributed by atoms with Gasteiger partial charge in [-0.1, -0.05) is 26.0 Å². The van der Waals surface area contributed by atoms with Crippen LogP contribution in [-0.4, -0.2) is 34.7 Å². The fraction of sp³-hybridized carbons (Fsp3) is 0.400. The van der Waals surface area contributed by atoms with Gasteiger partial charge in [0, 0.05) is 11.4 Å². The number of para-hydroxylation sites is 2. The molecule has 0 aliphatic carbocycles. The Bertz CT molecular complexity index is 808. The number of aromatic nitrogens is 1. The molecule has 0 fully saturated rings. The smallest absolute Gasteiger partial charge is 0.326 e. The Hall–Kier alpha value is -2.76. The number of methoxy groups -OCH3 is 1. The Balaban J connectivity index is 2.37. The molecule has 0 aliphatic rings. The number of hydrogen-bond donors (Lipinski definition) is 2. The topological polar surface area (TPSA) is 80.6 Å². The summed E-state index contributed by atoms with van der Waals surface area (Å²) in [6.45, 7) is 7.59. The quantitative estimate of drug-likeness (QED) is 0.795. The van der Waals surface area contributed by atoms with E-state index in [2.05, 4.69) is 5.32 Å². The molecule has 2 rings (SSSR count). The molecule has 0 aliphatic heterocycles. The number of ether oxygens (including phenoxy) is 1. The molecule has 2 N–H and O–H groups in total. The van der Waals surface area contributed by atoms with E-state index < -0.39 is 12.0 Å². The SMILES string of the molecule is COc1ccccc1-n1c(C)cc(C(=O)NC(CC(C)C)C(=O)O)c1C. The minimum atomic E-state index is -1.02. The predicted molar refractivity (Wildman–Crippen MR) is 100 cm³/mol. The maximum atomic E-state index is 12.7. The van der Waals surface area contributed by atoms with Gasteiger partial charge in [0.2, 0.25) is 0 Å². The van der Waals surface area contributed by atoms with Crippen molar-refractivity contribution in [3.63, 3.8) is 0 Å². The van der Waals surface area contributed by atoms with Crippen LogP contribution in [0.5, 0.6) is 5.75 Å². The molecule has 0 saturated carbocycles. The minimum absolute atomic E-state index is 0.164. The van der Waals surface area contributed by atoms with Gasteiger partial charge in [-0.3, -0.25) is 4.79 Å². The lowest BCUT2D eigenvalue weighted by Gasteiger charge is -2.17. The maximum absolute atomic E-state index is 12.7. The Labute approximate surface area is 153 Å². The molecule has 1 atom stereocenters. The summed E-state index contributed by atoms with van der Waals surface area (Å²) in [5.74, 6) is -0.542. The number of hydrogen-bond acceptors (Lipinski definition) is 3. The number of carboxylic acids is 1. The molecule has 1 aromatic carbocycles. The maximum Gasteiger partial charge on any atom is 0.326 e. The highest BCUT2D eigenvalue weighted by Crippen LogP contribution is 2.28. The number of carbonyl (C=O) groups excluding carboxylic acids is 1. The summed E-state index contributed by atoms with van der Waals surface area (Å²) < 4.78 is 7.36. The van der Waals surface area contributed by atoms with E-state index in [1.807, 2.05) is 56.5 Å². The zero-order valence-electron chi connectivity index (χ0n) is 15.9. The first-order chi connectivity index (χ1) is 12.3. The van der Waals surface area contributed by atoms with Crippen molar-refractivity contribution < 1.29 is 19.4 Å². The van der Waals surface area contributed by atoms with Crippen LogP contribution in [0.4, 0.5) is 0 Å². The first-order valence-corrected chi connectivity index (χ1v) is 8.62. The number of carboxylic acid groups (broad SMARTS) is 1. The molecular weight excluding hydrogens is 332 g/mol. The van der Waals surface area contributed by atoms with E-state index in [-0.39, 0.29) is 11.8 Å². The van der Waals surface area contributed by atoms with Crippen molar-refractivity contribution in [1.29, 1.82) is 0 Å². The normalized spacial score (nSPS) is 12.1. The number of amides is 1. The average molecular weight is 358 g/mol. The molecular formula is C20H26N2O4. The largest absolute Gasteiger partial charge is 0.495 e. The standard InChI is InChI=1S/C20H26N2O4/c1-12(2)10-16(20(24)25)21-19(23)15-11-13(3)22(14(15)4)17-8-6-7-9-18(17)26-5/h6-9,11-12,16H,10H2,1-5H3,(H,21,23)(H,24,25). The van der Waals surface area contributed by atoms with Crippen LogP contribution < -0.4 is 10.1 Å². The summed E-state index contributed by atoms with van der Waals surface area (Å²) in [5, 5.41) is 12.0. The van der Waals surface area contributed by atoms with Gasteiger partial charge >= 0.3 is 5.97 Å². The number of nitrogens with zero attached hydrogens (tertiary/aromatic N) is 1. The fourth-order valence-corrected chi connectivity index (χ4v) is 3.11. The second kappa shape index (κ2) is 8.08. The molecule has 2 aromatic rings. The summed E-state index contributed by atoms with van der Waals surface area (Å²) in [5.41, 5.74) is 2.90. The Morgan fingerprint density at radius 3 is 2.46 bits per heavy atom. The Kier molecular flexibility index (Phi) is 6.08. The highest BCUT2D eigenvalue weighted by molar-refractivity contribution is 5.98. The number of aryl methyl sites for hydroxylation is 1. The molecule has 0 saturated heterocycles. The van der Waals surface area contributed by atoms with Crippen LogP contribution >= 0.6 is 0 Å². The van der Waals surface area contributed by atoms with E-state index in [9.17, 15) is 14.7 Å². The second-order valence-corrected chi connectivity index (χ2v) is 6.79. The molecule has 26 heavy (non-hydrogen) atoms. The molecule has 1 heterocycles. The van der Waals surface area contributed by atoms with E-state index in [1.165, 1.54) is 0 Å². The zero-order valence-corrected chi connectivity index (χ0v) is 15.9. The molecule has 1 amide bonds. The lowest BCUT2D eigenvalue weighted by Crippen LogP contribution is -2.41. The van der Waals surface area contributed by atoms with Gasteiger partial charge in [-0.25, -0.2) is 4.79 Å². The van der Waals surface area contributed by atoms with Gasteiger partial charge in [-0.2, -0.15) is 0 Å². The van der Waals surface area contributed by atoms with Crippen LogP contribution in [0.2, 0.25) is 0 Å². The number of aliphatic carboxylic acids is 1. The van der Waals surface area contributed by atoms with Gasteiger partial charge in [0.1, 0.15) is 11.8 Å². The van der Waals surface area contributed by atoms with Gasteiger partial charge < -0.3 is 19.7 Å². The molecule has 0 bridgehead atoms. The van der Waals surface area contributed by atoms with Crippen molar-refractivity contribution >= 4 is 11.9 Å². The molecule has 6 nitrogen and oxygen atoms in total. The molecule has 0 radical (unpaired) electrons. The first kappa shape index (κ1) is 19.6. The zero-order chi connectivity index (χ0) is 19.4. The summed E-state index contributed by atoms with van der Waals surface area (Å²) in [4.78, 5) is 24.1. The minimum Gasteiger partial charge on any atom is -0.495 e. The van der Waals surface area contributed by atoms with E-state index in [1.54, 1.807) is 13.2 Å². The van der Waals surface area contributed by atoms with Crippen LogP contribution in [0, 0.1) is 19.8 Å². The van der Waals surface area contributed by atoms with Gasteiger partial charge in [0.25, 0.3) is 5.91 Å². The highest BCUT2D eigenvalue weighted by atomic mass is 16.5. The van der Waals surface area contributed by atoms with Gasteiger partial charge in [0.05, 0.1) is 18.4 Å². The highest BCUT2D eigenvalue weighted by Gasteiger charge is 2.24. The molecule has 140 valence electrons. The molecule has 0 spiro atoms. The summed E-state index contributed by atoms with van der Waals surface area (Å²) in [6, 6.07) is 8.42. The van der Waals surface area contributed by atoms with Crippen molar-refractivity contribution in [3.05, 3.63) is 47.3 Å². The van der Waals surface area contributed by atoms with Crippen LogP contribution in [0.1, 0.15) is 42.0 Å². The third kappa shape index (κ3) is 4.07. The van der Waals surface area contributed by atoms with E-state index in [4.69, 9.17) is 4.74 Å². The van der Waals surface area contributed by atoms with Gasteiger partial charge in [0.15, 0.2) is 0 Å². The van der Waals surface area contributed by atoms with E-state index in [0.717, 1.165) is 17.1 Å². The third-order valence-electron chi connectivity index (χ3n) is 4.31. The second-order valence-electron chi connectivity index (χ2n) is 6.79. The van der Waals surface area contributed by atoms with E-state index in [0.29, 0.717) is 17.7 Å². The van der Waals surface area contributed by atoms with Crippen molar-refractivity contribution in [2.45, 2.75) is 40.2 Å². The Morgan fingerprint density at radius 2 is 1.88 bits per heavy atom. The number of nitrogens with one attached hydrogen (secondary N) is 1. The fourth-order valence-electron chi connectivity index (χ4n) is 3.11. The number of rotatable bonds is 7. The van der Waals surface area contributed by atoms with Crippen molar-refractivity contribution in [3.8, 4) is 11.4 Å². The predicted octanol–water partition coefficient (Wildman–Crippen LogP) is 3.33. The van der Waals surface area contributed by atoms with Gasteiger partial charge in [-0.05, 0) is 44.4 Å². The average Bonchev–Trinajstić information content (AvgIpc) is 2.88. The summed E-state index contributed by atoms with van der Waals surface area (Å²) in [7, 11) is 1.60. The first-order valence-electron chi connectivity index (χ1n) is 8.62. The number of benzene rings is 1. The van der Waals surface area contributed by atoms with Gasteiger partial charge in [-0.15, -0.1) is 0 Å². The summed E-state index contributed by atoms with van der Waals surface area (Å²) >= 11 is 0. The molecule has 6 heteroatoms. The summed E-state index contributed by atoms with van der Waals surface area (Å²) in [6.07, 6.45) is 0.381. The van der Waals surface area contributed by atoms with Crippen molar-refractivity contribution in [1.82, 2.24) is 9.88 Å². The number of carbonyl (C=O) groups is 2. The van der Waals surface area contributed by atoms with Crippen LogP contribution in [0.25, 0.3) is 5.69 Å². The van der Waals surface area contributed by atoms with Crippen LogP contribution in [0.3, 0.4) is 0 Å².